The fourth-order valence-electron chi connectivity index (χ4n) is 5.40. The van der Waals surface area contributed by atoms with Gasteiger partial charge >= 0.3 is 0 Å². The number of alkyl halides is 2. The number of likely N-dealkylation sites (tertiary alicyclic amines) is 1. The number of rotatable bonds is 5. The summed E-state index contributed by atoms with van der Waals surface area (Å²) in [5, 5.41) is 4.38. The molecule has 0 atom stereocenters. The second-order valence-electron chi connectivity index (χ2n) is 9.92. The van der Waals surface area contributed by atoms with Crippen LogP contribution in [0.2, 0.25) is 0 Å². The molecule has 1 aromatic carbocycles. The number of aromatic amines is 1. The Labute approximate surface area is 197 Å². The fraction of sp³-hybridized carbons (Fsp3) is 0.462. The number of halogens is 2. The zero-order valence-electron chi connectivity index (χ0n) is 19.1. The summed E-state index contributed by atoms with van der Waals surface area (Å²) in [6.45, 7) is 2.23. The summed E-state index contributed by atoms with van der Waals surface area (Å²) < 4.78 is 27.6. The van der Waals surface area contributed by atoms with Crippen molar-refractivity contribution in [1.29, 1.82) is 0 Å². The number of nitrogens with one attached hydrogen (secondary N) is 2. The van der Waals surface area contributed by atoms with Crippen LogP contribution in [0.1, 0.15) is 43.6 Å². The number of nitrogens with zero attached hydrogens (tertiary/aromatic N) is 3. The number of hydrogen-bond acceptors (Lipinski definition) is 5. The van der Waals surface area contributed by atoms with Crippen molar-refractivity contribution in [3.8, 4) is 0 Å². The molecule has 0 radical (unpaired) electrons. The highest BCUT2D eigenvalue weighted by Crippen LogP contribution is 2.36. The summed E-state index contributed by atoms with van der Waals surface area (Å²) in [5.41, 5.74) is 1.90. The molecule has 1 saturated carbocycles. The topological polar surface area (TPSA) is 64.3 Å². The average Bonchev–Trinajstić information content (AvgIpc) is 3.62. The van der Waals surface area contributed by atoms with Crippen molar-refractivity contribution in [1.82, 2.24) is 14.9 Å². The molecule has 0 amide bonds. The Morgan fingerprint density at radius 1 is 1.03 bits per heavy atom. The molecule has 34 heavy (non-hydrogen) atoms. The first-order valence-corrected chi connectivity index (χ1v) is 12.2. The summed E-state index contributed by atoms with van der Waals surface area (Å²) >= 11 is 0. The third-order valence-electron chi connectivity index (χ3n) is 7.47. The van der Waals surface area contributed by atoms with Gasteiger partial charge in [-0.15, -0.1) is 0 Å². The molecule has 2 aromatic heterocycles. The van der Waals surface area contributed by atoms with Crippen molar-refractivity contribution >= 4 is 28.1 Å². The molecule has 2 aliphatic heterocycles. The lowest BCUT2D eigenvalue weighted by Crippen LogP contribution is -2.34. The fourth-order valence-corrected chi connectivity index (χ4v) is 5.40. The van der Waals surface area contributed by atoms with E-state index in [0.717, 1.165) is 11.7 Å². The maximum absolute atomic E-state index is 13.8. The maximum atomic E-state index is 13.8. The van der Waals surface area contributed by atoms with Crippen LogP contribution in [0.15, 0.2) is 47.4 Å². The van der Waals surface area contributed by atoms with Gasteiger partial charge in [-0.25, -0.2) is 13.8 Å². The van der Waals surface area contributed by atoms with E-state index in [1.807, 2.05) is 12.1 Å². The van der Waals surface area contributed by atoms with Crippen LogP contribution in [0.3, 0.4) is 0 Å². The van der Waals surface area contributed by atoms with Gasteiger partial charge in [0.25, 0.3) is 11.5 Å². The highest BCUT2D eigenvalue weighted by atomic mass is 19.3. The Kier molecular flexibility index (Phi) is 5.28. The van der Waals surface area contributed by atoms with Crippen molar-refractivity contribution in [3.05, 3.63) is 58.5 Å². The van der Waals surface area contributed by atoms with E-state index in [2.05, 4.69) is 32.3 Å². The van der Waals surface area contributed by atoms with Crippen molar-refractivity contribution < 1.29 is 8.78 Å². The lowest BCUT2D eigenvalue weighted by atomic mass is 9.89. The largest absolute Gasteiger partial charge is 0.350 e. The van der Waals surface area contributed by atoms with E-state index >= 15 is 0 Å². The molecule has 2 saturated heterocycles. The molecule has 1 aliphatic carbocycles. The first-order valence-electron chi connectivity index (χ1n) is 12.2. The second-order valence-corrected chi connectivity index (χ2v) is 9.92. The Balaban J connectivity index is 1.24. The smallest absolute Gasteiger partial charge is 0.266 e. The number of H-pyrrole nitrogens is 1. The first-order chi connectivity index (χ1) is 16.4. The maximum Gasteiger partial charge on any atom is 0.266 e. The molecule has 0 spiro atoms. The lowest BCUT2D eigenvalue weighted by Gasteiger charge is -2.32. The van der Waals surface area contributed by atoms with Gasteiger partial charge in [-0.1, -0.05) is 12.1 Å². The highest BCUT2D eigenvalue weighted by molar-refractivity contribution is 5.94. The number of piperidine rings is 1. The minimum absolute atomic E-state index is 0.189. The first kappa shape index (κ1) is 21.5. The number of pyridine rings is 2. The molecule has 4 heterocycles. The summed E-state index contributed by atoms with van der Waals surface area (Å²) in [6.07, 6.45) is 6.47. The van der Waals surface area contributed by atoms with E-state index in [4.69, 9.17) is 0 Å². The van der Waals surface area contributed by atoms with Crippen LogP contribution < -0.4 is 15.8 Å². The SMILES string of the molecule is O=c1[nH]ccc2cc(N3CCC(F)(F)C3)nc(Nc3ccc(C4CCN(C5CC5)CC4)cc3)c12. The van der Waals surface area contributed by atoms with Crippen LogP contribution >= 0.6 is 0 Å². The monoisotopic (exact) mass is 465 g/mol. The van der Waals surface area contributed by atoms with Crippen LogP contribution in [-0.2, 0) is 0 Å². The van der Waals surface area contributed by atoms with Gasteiger partial charge in [-0.05, 0) is 79.9 Å². The zero-order valence-corrected chi connectivity index (χ0v) is 19.1. The molecule has 0 bridgehead atoms. The molecule has 8 heteroatoms. The normalized spacial score (nSPS) is 21.3. The predicted octanol–water partition coefficient (Wildman–Crippen LogP) is 4.85. The second kappa shape index (κ2) is 8.34. The summed E-state index contributed by atoms with van der Waals surface area (Å²) in [7, 11) is 0. The molecule has 2 N–H and O–H groups in total. The summed E-state index contributed by atoms with van der Waals surface area (Å²) in [6, 6.07) is 12.7. The predicted molar refractivity (Wildman–Crippen MR) is 130 cm³/mol. The van der Waals surface area contributed by atoms with Gasteiger partial charge in [0.2, 0.25) is 0 Å². The van der Waals surface area contributed by atoms with E-state index in [1.54, 1.807) is 23.2 Å². The van der Waals surface area contributed by atoms with Gasteiger partial charge in [0, 0.05) is 30.9 Å². The Morgan fingerprint density at radius 3 is 2.47 bits per heavy atom. The van der Waals surface area contributed by atoms with Gasteiger partial charge in [0.05, 0.1) is 11.9 Å². The molecule has 6 rings (SSSR count). The van der Waals surface area contributed by atoms with Crippen molar-refractivity contribution in [2.24, 2.45) is 0 Å². The van der Waals surface area contributed by atoms with Crippen molar-refractivity contribution in [3.63, 3.8) is 0 Å². The van der Waals surface area contributed by atoms with E-state index < -0.39 is 5.92 Å². The van der Waals surface area contributed by atoms with Crippen molar-refractivity contribution in [2.75, 3.05) is 36.4 Å². The summed E-state index contributed by atoms with van der Waals surface area (Å²) in [4.78, 5) is 24.1. The zero-order chi connectivity index (χ0) is 23.3. The Morgan fingerprint density at radius 2 is 1.79 bits per heavy atom. The van der Waals surface area contributed by atoms with Gasteiger partial charge < -0.3 is 20.1 Å². The highest BCUT2D eigenvalue weighted by Gasteiger charge is 2.39. The molecule has 178 valence electrons. The quantitative estimate of drug-likeness (QED) is 0.564. The van der Waals surface area contributed by atoms with Crippen LogP contribution in [0.5, 0.6) is 0 Å². The molecule has 3 fully saturated rings. The van der Waals surface area contributed by atoms with Gasteiger partial charge in [0.15, 0.2) is 0 Å². The Hall–Kier alpha value is -3.00. The van der Waals surface area contributed by atoms with Crippen LogP contribution in [0.4, 0.5) is 26.1 Å². The van der Waals surface area contributed by atoms with Crippen LogP contribution in [0, 0.1) is 0 Å². The van der Waals surface area contributed by atoms with E-state index in [-0.39, 0.29) is 25.1 Å². The standard InChI is InChI=1S/C26H29F2N5O/c27-26(28)10-14-33(16-26)22-15-19-7-11-29-25(34)23(19)24(31-22)30-20-3-1-17(2-4-20)18-8-12-32(13-9-18)21-5-6-21/h1-4,7,11,15,18,21H,5-6,8-10,12-14,16H2,(H,29,34)(H,30,31). The van der Waals surface area contributed by atoms with Crippen LogP contribution in [0.25, 0.3) is 10.8 Å². The van der Waals surface area contributed by atoms with E-state index in [0.29, 0.717) is 28.3 Å². The van der Waals surface area contributed by atoms with Gasteiger partial charge in [-0.3, -0.25) is 4.79 Å². The van der Waals surface area contributed by atoms with Gasteiger partial charge in [-0.2, -0.15) is 0 Å². The van der Waals surface area contributed by atoms with Crippen molar-refractivity contribution in [2.45, 2.75) is 50.0 Å². The number of fused-ring (bicyclic) bond motifs is 1. The van der Waals surface area contributed by atoms with Crippen LogP contribution in [-0.4, -0.2) is 53.0 Å². The number of aromatic nitrogens is 2. The lowest BCUT2D eigenvalue weighted by molar-refractivity contribution is 0.0256. The van der Waals surface area contributed by atoms with E-state index in [1.165, 1.54) is 44.3 Å². The minimum atomic E-state index is -2.72. The number of anilines is 3. The number of hydrogen-bond donors (Lipinski definition) is 2. The van der Waals surface area contributed by atoms with Gasteiger partial charge in [0.1, 0.15) is 11.6 Å². The molecule has 3 aromatic rings. The molecular formula is C26H29F2N5O. The molecule has 3 aliphatic rings. The molecule has 0 unspecified atom stereocenters. The molecular weight excluding hydrogens is 436 g/mol. The third-order valence-corrected chi connectivity index (χ3v) is 7.47. The minimum Gasteiger partial charge on any atom is -0.350 e. The third kappa shape index (κ3) is 4.27. The average molecular weight is 466 g/mol. The molecule has 6 nitrogen and oxygen atoms in total. The summed E-state index contributed by atoms with van der Waals surface area (Å²) in [5.74, 6) is -1.30. The Bertz CT molecular complexity index is 1250. The van der Waals surface area contributed by atoms with E-state index in [9.17, 15) is 13.6 Å². The number of benzene rings is 1.